The summed E-state index contributed by atoms with van der Waals surface area (Å²) in [6.07, 6.45) is 1.04. The van der Waals surface area contributed by atoms with Crippen molar-refractivity contribution in [1.82, 2.24) is 0 Å². The van der Waals surface area contributed by atoms with Crippen molar-refractivity contribution in [2.75, 3.05) is 17.5 Å². The average molecular weight is 311 g/mol. The lowest BCUT2D eigenvalue weighted by Crippen LogP contribution is -2.48. The fourth-order valence-corrected chi connectivity index (χ4v) is 5.08. The van der Waals surface area contributed by atoms with Gasteiger partial charge in [-0.1, -0.05) is 18.2 Å². The Morgan fingerprint density at radius 3 is 2.57 bits per heavy atom. The molecule has 6 nitrogen and oxygen atoms in total. The Kier molecular flexibility index (Phi) is 3.62. The van der Waals surface area contributed by atoms with E-state index in [4.69, 9.17) is 4.74 Å². The van der Waals surface area contributed by atoms with Crippen LogP contribution in [0.1, 0.15) is 18.4 Å². The Bertz CT molecular complexity index is 651. The van der Waals surface area contributed by atoms with Crippen LogP contribution >= 0.6 is 0 Å². The highest BCUT2D eigenvalue weighted by Crippen LogP contribution is 2.37. The molecule has 0 aromatic heterocycles. The van der Waals surface area contributed by atoms with E-state index in [0.717, 1.165) is 9.87 Å². The van der Waals surface area contributed by atoms with Crippen molar-refractivity contribution in [3.05, 3.63) is 29.8 Å². The van der Waals surface area contributed by atoms with E-state index in [1.54, 1.807) is 24.3 Å². The van der Waals surface area contributed by atoms with E-state index in [1.807, 2.05) is 0 Å². The van der Waals surface area contributed by atoms with Gasteiger partial charge in [0.1, 0.15) is 6.04 Å². The number of nitrogens with zero attached hydrogens (tertiary/aromatic N) is 1. The van der Waals surface area contributed by atoms with E-state index in [1.165, 1.54) is 0 Å². The third-order valence-electron chi connectivity index (χ3n) is 4.07. The maximum atomic E-state index is 12.9. The lowest BCUT2D eigenvalue weighted by Gasteiger charge is -2.31. The number of carboxylic acids is 1. The summed E-state index contributed by atoms with van der Waals surface area (Å²) < 4.78 is 32.1. The Balaban J connectivity index is 2.02. The number of carboxylic acid groups (broad SMARTS) is 1. The van der Waals surface area contributed by atoms with Crippen LogP contribution in [-0.2, 0) is 26.0 Å². The molecule has 0 aliphatic carbocycles. The minimum atomic E-state index is -3.70. The van der Waals surface area contributed by atoms with Gasteiger partial charge in [0, 0.05) is 19.6 Å². The minimum Gasteiger partial charge on any atom is -0.480 e. The van der Waals surface area contributed by atoms with Crippen molar-refractivity contribution in [3.63, 3.8) is 0 Å². The predicted octanol–water partition coefficient (Wildman–Crippen LogP) is 1.01. The standard InChI is InChI=1S/C14H17NO5S/c16-14(17)13-9-10-3-1-2-4-12(10)15(13)21(18,19)11-5-7-20-8-6-11/h1-4,11,13H,5-9H2,(H,16,17)/t13-/m0/s1. The minimum absolute atomic E-state index is 0.216. The van der Waals surface area contributed by atoms with Gasteiger partial charge in [-0.2, -0.15) is 0 Å². The lowest BCUT2D eigenvalue weighted by molar-refractivity contribution is -0.138. The molecule has 0 radical (unpaired) electrons. The van der Waals surface area contributed by atoms with Crippen LogP contribution in [0.15, 0.2) is 24.3 Å². The molecule has 1 N–H and O–H groups in total. The number of hydrogen-bond acceptors (Lipinski definition) is 4. The van der Waals surface area contributed by atoms with E-state index in [9.17, 15) is 18.3 Å². The van der Waals surface area contributed by atoms with Crippen molar-refractivity contribution in [2.24, 2.45) is 0 Å². The fourth-order valence-electron chi connectivity index (χ4n) is 2.99. The topological polar surface area (TPSA) is 83.9 Å². The Morgan fingerprint density at radius 2 is 1.90 bits per heavy atom. The monoisotopic (exact) mass is 311 g/mol. The summed E-state index contributed by atoms with van der Waals surface area (Å²) in [6, 6.07) is 5.94. The molecule has 0 unspecified atom stereocenters. The number of carbonyl (C=O) groups is 1. The number of rotatable bonds is 3. The molecular weight excluding hydrogens is 294 g/mol. The Morgan fingerprint density at radius 1 is 1.24 bits per heavy atom. The maximum Gasteiger partial charge on any atom is 0.327 e. The van der Waals surface area contributed by atoms with E-state index < -0.39 is 27.3 Å². The molecule has 1 aromatic rings. The van der Waals surface area contributed by atoms with E-state index in [0.29, 0.717) is 31.7 Å². The summed E-state index contributed by atoms with van der Waals surface area (Å²) in [6.45, 7) is 0.800. The Labute approximate surface area is 123 Å². The van der Waals surface area contributed by atoms with Gasteiger partial charge in [0.05, 0.1) is 10.9 Å². The van der Waals surface area contributed by atoms with Crippen LogP contribution in [0.4, 0.5) is 5.69 Å². The molecule has 2 aliphatic heterocycles. The van der Waals surface area contributed by atoms with E-state index >= 15 is 0 Å². The van der Waals surface area contributed by atoms with Gasteiger partial charge in [0.15, 0.2) is 0 Å². The van der Waals surface area contributed by atoms with Gasteiger partial charge in [-0.3, -0.25) is 4.31 Å². The molecule has 114 valence electrons. The highest BCUT2D eigenvalue weighted by Gasteiger charge is 2.44. The summed E-state index contributed by atoms with van der Waals surface area (Å²) in [5.41, 5.74) is 1.26. The molecule has 1 fully saturated rings. The molecule has 0 spiro atoms. The third kappa shape index (κ3) is 2.40. The van der Waals surface area contributed by atoms with Crippen LogP contribution in [0.3, 0.4) is 0 Å². The lowest BCUT2D eigenvalue weighted by atomic mass is 10.1. The molecule has 1 atom stereocenters. The number of anilines is 1. The number of aliphatic carboxylic acids is 1. The fraction of sp³-hybridized carbons (Fsp3) is 0.500. The molecule has 1 aromatic carbocycles. The largest absolute Gasteiger partial charge is 0.480 e. The number of ether oxygens (including phenoxy) is 1. The molecule has 7 heteroatoms. The first kappa shape index (κ1) is 14.3. The van der Waals surface area contributed by atoms with Crippen molar-refractivity contribution in [1.29, 1.82) is 0 Å². The summed E-state index contributed by atoms with van der Waals surface area (Å²) in [5, 5.41) is 8.82. The Hall–Kier alpha value is -1.60. The second-order valence-corrected chi connectivity index (χ2v) is 7.43. The summed E-state index contributed by atoms with van der Waals surface area (Å²) in [4.78, 5) is 11.5. The van der Waals surface area contributed by atoms with Crippen LogP contribution in [0.2, 0.25) is 0 Å². The first-order valence-corrected chi connectivity index (χ1v) is 8.44. The van der Waals surface area contributed by atoms with Crippen LogP contribution < -0.4 is 4.31 Å². The van der Waals surface area contributed by atoms with Crippen LogP contribution in [0, 0.1) is 0 Å². The molecule has 1 saturated heterocycles. The second kappa shape index (κ2) is 5.31. The van der Waals surface area contributed by atoms with Gasteiger partial charge in [0.2, 0.25) is 10.0 Å². The van der Waals surface area contributed by atoms with E-state index in [-0.39, 0.29) is 6.42 Å². The quantitative estimate of drug-likeness (QED) is 0.900. The van der Waals surface area contributed by atoms with Crippen molar-refractivity contribution >= 4 is 21.7 Å². The van der Waals surface area contributed by atoms with Crippen LogP contribution in [0.25, 0.3) is 0 Å². The zero-order valence-corrected chi connectivity index (χ0v) is 12.3. The SMILES string of the molecule is O=C(O)[C@@H]1Cc2ccccc2N1S(=O)(=O)C1CCOCC1. The normalized spacial score (nSPS) is 23.0. The zero-order valence-electron chi connectivity index (χ0n) is 11.4. The molecule has 3 rings (SSSR count). The molecular formula is C14H17NO5S. The number of benzene rings is 1. The van der Waals surface area contributed by atoms with Crippen molar-refractivity contribution in [2.45, 2.75) is 30.6 Å². The molecule has 2 heterocycles. The number of fused-ring (bicyclic) bond motifs is 1. The first-order chi connectivity index (χ1) is 10.0. The molecule has 0 bridgehead atoms. The van der Waals surface area contributed by atoms with Crippen molar-refractivity contribution in [3.8, 4) is 0 Å². The van der Waals surface area contributed by atoms with Crippen LogP contribution in [-0.4, -0.2) is 44.0 Å². The molecule has 21 heavy (non-hydrogen) atoms. The number of sulfonamides is 1. The van der Waals surface area contributed by atoms with Crippen LogP contribution in [0.5, 0.6) is 0 Å². The number of para-hydroxylation sites is 1. The van der Waals surface area contributed by atoms with Gasteiger partial charge >= 0.3 is 5.97 Å². The first-order valence-electron chi connectivity index (χ1n) is 6.93. The zero-order chi connectivity index (χ0) is 15.0. The van der Waals surface area contributed by atoms with Gasteiger partial charge in [0.25, 0.3) is 0 Å². The maximum absolute atomic E-state index is 12.9. The summed E-state index contributed by atoms with van der Waals surface area (Å²) >= 11 is 0. The smallest absolute Gasteiger partial charge is 0.327 e. The summed E-state index contributed by atoms with van der Waals surface area (Å²) in [5.74, 6) is -1.11. The van der Waals surface area contributed by atoms with Gasteiger partial charge in [-0.05, 0) is 24.5 Å². The van der Waals surface area contributed by atoms with E-state index in [2.05, 4.69) is 0 Å². The number of hydrogen-bond donors (Lipinski definition) is 1. The third-order valence-corrected chi connectivity index (χ3v) is 6.39. The molecule has 0 saturated carbocycles. The summed E-state index contributed by atoms with van der Waals surface area (Å²) in [7, 11) is -3.70. The van der Waals surface area contributed by atoms with Gasteiger partial charge < -0.3 is 9.84 Å². The highest BCUT2D eigenvalue weighted by atomic mass is 32.2. The van der Waals surface area contributed by atoms with Gasteiger partial charge in [-0.15, -0.1) is 0 Å². The van der Waals surface area contributed by atoms with Gasteiger partial charge in [-0.25, -0.2) is 13.2 Å². The predicted molar refractivity (Wildman–Crippen MR) is 76.8 cm³/mol. The van der Waals surface area contributed by atoms with Crippen molar-refractivity contribution < 1.29 is 23.1 Å². The average Bonchev–Trinajstić information content (AvgIpc) is 2.88. The molecule has 0 amide bonds. The molecule has 2 aliphatic rings. The second-order valence-electron chi connectivity index (χ2n) is 5.34. The highest BCUT2D eigenvalue weighted by molar-refractivity contribution is 7.93.